The molecule has 2 aliphatic rings. The van der Waals surface area contributed by atoms with Crippen molar-refractivity contribution < 1.29 is 43.5 Å². The molecule has 2 amide bonds. The fourth-order valence-electron chi connectivity index (χ4n) is 7.39. The van der Waals surface area contributed by atoms with Crippen molar-refractivity contribution in [1.29, 1.82) is 0 Å². The third-order valence-electron chi connectivity index (χ3n) is 10.9. The van der Waals surface area contributed by atoms with Gasteiger partial charge < -0.3 is 65.0 Å². The number of rotatable bonds is 14. The number of fused-ring (bicyclic) bond motifs is 2. The van der Waals surface area contributed by atoms with Crippen LogP contribution in [0.1, 0.15) is 12.8 Å². The van der Waals surface area contributed by atoms with Crippen molar-refractivity contribution in [3.8, 4) is 34.5 Å². The van der Waals surface area contributed by atoms with E-state index in [9.17, 15) is 9.59 Å². The Hall–Kier alpha value is -6.96. The van der Waals surface area contributed by atoms with E-state index in [2.05, 4.69) is 19.9 Å². The number of carbonyl (C=O) groups is 2. The Morgan fingerprint density at radius 2 is 0.836 bits per heavy atom. The largest absolute Gasteiger partial charge is 0.493 e. The molecule has 67 heavy (non-hydrogen) atoms. The fourth-order valence-corrected chi connectivity index (χ4v) is 7.39. The molecule has 2 aliphatic heterocycles. The Kier molecular flexibility index (Phi) is 19.7. The minimum Gasteiger partial charge on any atom is -0.493 e. The minimum atomic E-state index is 0. The summed E-state index contributed by atoms with van der Waals surface area (Å²) in [5.41, 5.74) is 13.8. The van der Waals surface area contributed by atoms with Crippen LogP contribution in [0.3, 0.4) is 0 Å². The molecule has 2 saturated heterocycles. The lowest BCUT2D eigenvalue weighted by atomic mass is 10.2. The van der Waals surface area contributed by atoms with Crippen molar-refractivity contribution >= 4 is 82.0 Å². The van der Waals surface area contributed by atoms with Gasteiger partial charge >= 0.3 is 0 Å². The lowest BCUT2D eigenvalue weighted by Crippen LogP contribution is -2.49. The first-order valence-electron chi connectivity index (χ1n) is 21.0. The molecule has 21 heteroatoms. The fraction of sp³-hybridized carbons (Fsp3) is 0.348. The molecular weight excluding hydrogens is 907 g/mol. The zero-order valence-electron chi connectivity index (χ0n) is 37.9. The quantitative estimate of drug-likeness (QED) is 0.150. The van der Waals surface area contributed by atoms with Crippen molar-refractivity contribution in [2.75, 3.05) is 115 Å². The Morgan fingerprint density at radius 1 is 0.507 bits per heavy atom. The van der Waals surface area contributed by atoms with E-state index in [1.54, 1.807) is 52.7 Å². The Bertz CT molecular complexity index is 2360. The zero-order valence-corrected chi connectivity index (χ0v) is 39.5. The predicted octanol–water partition coefficient (Wildman–Crippen LogP) is 4.71. The van der Waals surface area contributed by atoms with Crippen molar-refractivity contribution in [3.05, 3.63) is 84.9 Å². The van der Waals surface area contributed by atoms with Gasteiger partial charge in [0.1, 0.15) is 23.1 Å². The Labute approximate surface area is 401 Å². The van der Waals surface area contributed by atoms with E-state index in [0.29, 0.717) is 147 Å². The Morgan fingerprint density at radius 3 is 1.16 bits per heavy atom. The monoisotopic (exact) mass is 964 g/mol. The van der Waals surface area contributed by atoms with Gasteiger partial charge in [-0.15, -0.1) is 24.8 Å². The molecule has 2 aromatic heterocycles. The highest BCUT2D eigenvalue weighted by Crippen LogP contribution is 2.35. The third-order valence-corrected chi connectivity index (χ3v) is 10.9. The summed E-state index contributed by atoms with van der Waals surface area (Å²) in [5.74, 6) is 5.85. The summed E-state index contributed by atoms with van der Waals surface area (Å²) in [6.45, 7) is 5.61. The lowest BCUT2D eigenvalue weighted by Gasteiger charge is -2.35. The van der Waals surface area contributed by atoms with Gasteiger partial charge in [-0.25, -0.2) is 9.97 Å². The van der Waals surface area contributed by atoms with Crippen LogP contribution in [-0.2, 0) is 9.59 Å². The van der Waals surface area contributed by atoms with Gasteiger partial charge in [0.05, 0.1) is 65.5 Å². The van der Waals surface area contributed by atoms with Crippen molar-refractivity contribution in [3.63, 3.8) is 0 Å². The number of anilines is 4. The van der Waals surface area contributed by atoms with E-state index in [1.165, 1.54) is 0 Å². The van der Waals surface area contributed by atoms with Gasteiger partial charge in [0.25, 0.3) is 0 Å². The minimum absolute atomic E-state index is 0. The summed E-state index contributed by atoms with van der Waals surface area (Å²) in [4.78, 5) is 51.2. The van der Waals surface area contributed by atoms with E-state index < -0.39 is 0 Å². The highest BCUT2D eigenvalue weighted by Gasteiger charge is 2.25. The van der Waals surface area contributed by atoms with Crippen LogP contribution in [0, 0.1) is 0 Å². The molecule has 6 aromatic rings. The molecule has 2 fully saturated rings. The molecule has 8 rings (SSSR count). The number of hydrogen-bond acceptors (Lipinski definition) is 16. The maximum absolute atomic E-state index is 12.5. The number of methoxy groups -OCH3 is 4. The molecule has 360 valence electrons. The lowest BCUT2D eigenvalue weighted by molar-refractivity contribution is -0.132. The summed E-state index contributed by atoms with van der Waals surface area (Å²) in [5, 5.41) is 1.41. The maximum Gasteiger partial charge on any atom is 0.228 e. The first-order valence-corrected chi connectivity index (χ1v) is 21.0. The van der Waals surface area contributed by atoms with Gasteiger partial charge in [-0.3, -0.25) is 9.59 Å². The molecule has 0 aliphatic carbocycles. The van der Waals surface area contributed by atoms with E-state index in [4.69, 9.17) is 39.9 Å². The van der Waals surface area contributed by atoms with Gasteiger partial charge in [-0.1, -0.05) is 36.4 Å². The number of nitrogens with two attached hydrogens (primary N) is 2. The number of para-hydroxylation sites is 2. The van der Waals surface area contributed by atoms with Crippen LogP contribution >= 0.6 is 24.8 Å². The summed E-state index contributed by atoms with van der Waals surface area (Å²) in [6.07, 6.45) is 0.686. The van der Waals surface area contributed by atoms with Crippen LogP contribution in [0.25, 0.3) is 21.8 Å². The van der Waals surface area contributed by atoms with Crippen LogP contribution in [0.5, 0.6) is 34.5 Å². The van der Waals surface area contributed by atoms with Gasteiger partial charge in [-0.2, -0.15) is 9.97 Å². The summed E-state index contributed by atoms with van der Waals surface area (Å²) >= 11 is 0. The molecule has 4 heterocycles. The molecule has 6 N–H and O–H groups in total. The van der Waals surface area contributed by atoms with Crippen LogP contribution in [0.4, 0.5) is 23.5 Å². The number of nitrogens with zero attached hydrogens (tertiary/aromatic N) is 8. The first kappa shape index (κ1) is 52.7. The van der Waals surface area contributed by atoms with Crippen molar-refractivity contribution in [1.82, 2.24) is 29.7 Å². The molecule has 0 spiro atoms. The third kappa shape index (κ3) is 13.1. The molecule has 19 nitrogen and oxygen atoms in total. The zero-order chi connectivity index (χ0) is 45.0. The van der Waals surface area contributed by atoms with Crippen LogP contribution < -0.4 is 49.7 Å². The SMILES string of the molecule is COc1cc2nc(N3CCN(C(=O)CCOc4ccccc4)CC3)nc(N)c2cc1OC.COc1cc2nc(N3CCN(C(=O)CCOc4ccccc4)CC3)nc(N)c2cc1OC.Cl.Cl.O. The topological polar surface area (TPSA) is 238 Å². The van der Waals surface area contributed by atoms with Crippen LogP contribution in [0.15, 0.2) is 84.9 Å². The average Bonchev–Trinajstić information content (AvgIpc) is 3.34. The number of carbonyl (C=O) groups excluding carboxylic acids is 2. The van der Waals surface area contributed by atoms with Gasteiger partial charge in [0, 0.05) is 75.3 Å². The number of piperazine rings is 2. The summed E-state index contributed by atoms with van der Waals surface area (Å²) in [7, 11) is 6.31. The molecular formula is C46H58Cl2N10O9. The predicted molar refractivity (Wildman–Crippen MR) is 263 cm³/mol. The number of amides is 2. The molecule has 4 aromatic carbocycles. The van der Waals surface area contributed by atoms with E-state index in [0.717, 1.165) is 11.5 Å². The summed E-state index contributed by atoms with van der Waals surface area (Å²) in [6, 6.07) is 26.1. The number of halogens is 2. The van der Waals surface area contributed by atoms with E-state index in [-0.39, 0.29) is 42.1 Å². The second-order valence-electron chi connectivity index (χ2n) is 14.8. The average molecular weight is 966 g/mol. The molecule has 0 saturated carbocycles. The number of benzene rings is 4. The molecule has 0 radical (unpaired) electrons. The number of hydrogen-bond donors (Lipinski definition) is 2. The van der Waals surface area contributed by atoms with Crippen LogP contribution in [-0.4, -0.2) is 141 Å². The molecule has 0 bridgehead atoms. The number of nitrogen functional groups attached to an aromatic ring is 2. The van der Waals surface area contributed by atoms with Gasteiger partial charge in [0.15, 0.2) is 23.0 Å². The number of aromatic nitrogens is 4. The van der Waals surface area contributed by atoms with E-state index in [1.807, 2.05) is 80.3 Å². The maximum atomic E-state index is 12.5. The highest BCUT2D eigenvalue weighted by atomic mass is 35.5. The van der Waals surface area contributed by atoms with Gasteiger partial charge in [0.2, 0.25) is 23.7 Å². The molecule has 0 unspecified atom stereocenters. The second kappa shape index (κ2) is 25.1. The smallest absolute Gasteiger partial charge is 0.228 e. The van der Waals surface area contributed by atoms with Gasteiger partial charge in [-0.05, 0) is 36.4 Å². The first-order chi connectivity index (χ1) is 31.2. The standard InChI is InChI=1S/2C23H27N5O4.2ClH.H2O/c2*1-30-19-14-17-18(15-20(19)31-2)25-23(26-22(17)24)28-11-9-27(10-12-28)21(29)8-13-32-16-6-4-3-5-7-16;;;/h2*3-7,14-15H,8-13H2,1-2H3,(H2,24,25,26);2*1H;1H2. The second-order valence-corrected chi connectivity index (χ2v) is 14.8. The van der Waals surface area contributed by atoms with Crippen molar-refractivity contribution in [2.24, 2.45) is 0 Å². The van der Waals surface area contributed by atoms with Crippen LogP contribution in [0.2, 0.25) is 0 Å². The molecule has 0 atom stereocenters. The highest BCUT2D eigenvalue weighted by molar-refractivity contribution is 5.93. The Balaban J connectivity index is 0.000000280. The normalized spacial score (nSPS) is 13.2. The summed E-state index contributed by atoms with van der Waals surface area (Å²) < 4.78 is 32.7. The van der Waals surface area contributed by atoms with Crippen molar-refractivity contribution in [2.45, 2.75) is 12.8 Å². The van der Waals surface area contributed by atoms with E-state index >= 15 is 0 Å². The number of ether oxygens (including phenoxy) is 6.